The number of carbonyl (C=O) groups excluding carboxylic acids is 1. The Hall–Kier alpha value is -2.47. The molecule has 1 aromatic carbocycles. The maximum absolute atomic E-state index is 12.9. The van der Waals surface area contributed by atoms with Gasteiger partial charge in [0.05, 0.1) is 5.69 Å². The quantitative estimate of drug-likeness (QED) is 0.798. The lowest BCUT2D eigenvalue weighted by Gasteiger charge is -2.31. The molecule has 0 N–H and O–H groups in total. The molecule has 0 unspecified atom stereocenters. The third-order valence-electron chi connectivity index (χ3n) is 6.03. The molecule has 2 aliphatic heterocycles. The Morgan fingerprint density at radius 3 is 2.62 bits per heavy atom. The number of amides is 1. The molecule has 6 nitrogen and oxygen atoms in total. The number of likely N-dealkylation sites (tertiary alicyclic amines) is 1. The van der Waals surface area contributed by atoms with Gasteiger partial charge in [0.15, 0.2) is 6.10 Å². The van der Waals surface area contributed by atoms with Crippen molar-refractivity contribution in [2.24, 2.45) is 0 Å². The minimum atomic E-state index is -0.515. The highest BCUT2D eigenvalue weighted by Gasteiger charge is 2.28. The largest absolute Gasteiger partial charge is 0.481 e. The number of benzene rings is 1. The third-order valence-corrected chi connectivity index (χ3v) is 6.03. The number of hydrogen-bond donors (Lipinski definition) is 0. The fraction of sp³-hybridized carbons (Fsp3) is 0.522. The highest BCUT2D eigenvalue weighted by molar-refractivity contribution is 5.81. The molecule has 0 aliphatic carbocycles. The number of aryl methyl sites for hydroxylation is 1. The molecular weight excluding hydrogens is 364 g/mol. The first-order valence-electron chi connectivity index (χ1n) is 10.5. The molecule has 1 fully saturated rings. The minimum Gasteiger partial charge on any atom is -0.481 e. The van der Waals surface area contributed by atoms with Gasteiger partial charge in [-0.1, -0.05) is 17.7 Å². The zero-order valence-electron chi connectivity index (χ0n) is 17.6. The normalized spacial score (nSPS) is 18.9. The monoisotopic (exact) mass is 394 g/mol. The number of ether oxygens (including phenoxy) is 1. The zero-order valence-corrected chi connectivity index (χ0v) is 17.6. The lowest BCUT2D eigenvalue weighted by atomic mass is 9.95. The first kappa shape index (κ1) is 19.8. The highest BCUT2D eigenvalue weighted by atomic mass is 16.5. The Morgan fingerprint density at radius 2 is 1.90 bits per heavy atom. The first-order chi connectivity index (χ1) is 14.0. The van der Waals surface area contributed by atoms with Crippen LogP contribution in [0.3, 0.4) is 0 Å². The topological polar surface area (TPSA) is 58.6 Å². The molecule has 1 amide bonds. The first-order valence-corrected chi connectivity index (χ1v) is 10.5. The number of hydrogen-bond acceptors (Lipinski definition) is 5. The number of rotatable bonds is 4. The van der Waals surface area contributed by atoms with Crippen LogP contribution in [0, 0.1) is 6.92 Å². The summed E-state index contributed by atoms with van der Waals surface area (Å²) >= 11 is 0. The van der Waals surface area contributed by atoms with Crippen molar-refractivity contribution in [2.45, 2.75) is 51.7 Å². The highest BCUT2D eigenvalue weighted by Crippen LogP contribution is 2.27. The van der Waals surface area contributed by atoms with Crippen molar-refractivity contribution in [1.82, 2.24) is 19.8 Å². The Labute approximate surface area is 172 Å². The SMILES string of the molecule is Cc1ccc(O[C@H](C)C(=O)N2CCc3nc(C4CCN(C)CC4)ncc3C2)cc1. The Bertz CT molecular complexity index is 860. The number of piperidine rings is 1. The van der Waals surface area contributed by atoms with Gasteiger partial charge in [0, 0.05) is 37.2 Å². The Kier molecular flexibility index (Phi) is 5.81. The van der Waals surface area contributed by atoms with Crippen LogP contribution in [-0.4, -0.2) is 58.5 Å². The van der Waals surface area contributed by atoms with Crippen LogP contribution in [0.4, 0.5) is 0 Å². The van der Waals surface area contributed by atoms with Gasteiger partial charge in [0.25, 0.3) is 5.91 Å². The molecule has 0 bridgehead atoms. The Balaban J connectivity index is 1.39. The zero-order chi connectivity index (χ0) is 20.4. The fourth-order valence-electron chi connectivity index (χ4n) is 4.11. The lowest BCUT2D eigenvalue weighted by molar-refractivity contribution is -0.138. The molecule has 1 atom stereocenters. The summed E-state index contributed by atoms with van der Waals surface area (Å²) in [4.78, 5) is 26.6. The summed E-state index contributed by atoms with van der Waals surface area (Å²) in [5, 5.41) is 0. The lowest BCUT2D eigenvalue weighted by Crippen LogP contribution is -2.43. The van der Waals surface area contributed by atoms with Gasteiger partial charge in [-0.3, -0.25) is 4.79 Å². The van der Waals surface area contributed by atoms with Gasteiger partial charge in [-0.15, -0.1) is 0 Å². The van der Waals surface area contributed by atoms with Crippen LogP contribution in [0.5, 0.6) is 5.75 Å². The van der Waals surface area contributed by atoms with E-state index in [2.05, 4.69) is 16.9 Å². The summed E-state index contributed by atoms with van der Waals surface area (Å²) in [5.41, 5.74) is 3.33. The maximum Gasteiger partial charge on any atom is 0.263 e. The maximum atomic E-state index is 12.9. The molecule has 1 aromatic heterocycles. The van der Waals surface area contributed by atoms with Crippen LogP contribution in [0.1, 0.15) is 48.3 Å². The molecule has 6 heteroatoms. The van der Waals surface area contributed by atoms with Crippen LogP contribution in [-0.2, 0) is 17.8 Å². The average Bonchev–Trinajstić information content (AvgIpc) is 2.74. The second-order valence-electron chi connectivity index (χ2n) is 8.36. The van der Waals surface area contributed by atoms with Crippen LogP contribution in [0.15, 0.2) is 30.5 Å². The minimum absolute atomic E-state index is 0.00983. The molecule has 29 heavy (non-hydrogen) atoms. The second kappa shape index (κ2) is 8.49. The van der Waals surface area contributed by atoms with Crippen LogP contribution < -0.4 is 4.74 Å². The van der Waals surface area contributed by atoms with Crippen LogP contribution in [0.2, 0.25) is 0 Å². The van der Waals surface area contributed by atoms with Gasteiger partial charge >= 0.3 is 0 Å². The van der Waals surface area contributed by atoms with Gasteiger partial charge < -0.3 is 14.5 Å². The van der Waals surface area contributed by atoms with E-state index in [0.717, 1.165) is 55.2 Å². The molecule has 3 heterocycles. The molecule has 0 spiro atoms. The fourth-order valence-corrected chi connectivity index (χ4v) is 4.11. The van der Waals surface area contributed by atoms with E-state index < -0.39 is 6.10 Å². The number of carbonyl (C=O) groups is 1. The summed E-state index contributed by atoms with van der Waals surface area (Å²) in [7, 11) is 2.17. The van der Waals surface area contributed by atoms with E-state index in [1.54, 1.807) is 0 Å². The molecular formula is C23H30N4O2. The van der Waals surface area contributed by atoms with Gasteiger partial charge in [0.1, 0.15) is 11.6 Å². The average molecular weight is 395 g/mol. The third kappa shape index (κ3) is 4.58. The molecule has 4 rings (SSSR count). The van der Waals surface area contributed by atoms with E-state index in [1.807, 2.05) is 49.2 Å². The molecule has 154 valence electrons. The molecule has 1 saturated heterocycles. The van der Waals surface area contributed by atoms with E-state index >= 15 is 0 Å². The molecule has 2 aliphatic rings. The van der Waals surface area contributed by atoms with Crippen molar-refractivity contribution < 1.29 is 9.53 Å². The predicted octanol–water partition coefficient (Wildman–Crippen LogP) is 2.95. The number of aromatic nitrogens is 2. The molecule has 2 aromatic rings. The standard InChI is InChI=1S/C23H30N4O2/c1-16-4-6-20(7-5-16)29-17(2)23(28)27-13-10-21-19(15-27)14-24-22(25-21)18-8-11-26(3)12-9-18/h4-7,14,17-18H,8-13,15H2,1-3H3/t17-/m1/s1. The van der Waals surface area contributed by atoms with E-state index in [-0.39, 0.29) is 5.91 Å². The second-order valence-corrected chi connectivity index (χ2v) is 8.36. The van der Waals surface area contributed by atoms with E-state index in [9.17, 15) is 4.79 Å². The van der Waals surface area contributed by atoms with Crippen LogP contribution in [0.25, 0.3) is 0 Å². The van der Waals surface area contributed by atoms with Crippen molar-refractivity contribution >= 4 is 5.91 Å². The van der Waals surface area contributed by atoms with Crippen molar-refractivity contribution in [3.8, 4) is 5.75 Å². The summed E-state index contributed by atoms with van der Waals surface area (Å²) in [6.07, 6.45) is 4.43. The molecule has 0 saturated carbocycles. The smallest absolute Gasteiger partial charge is 0.263 e. The Morgan fingerprint density at radius 1 is 1.17 bits per heavy atom. The summed E-state index contributed by atoms with van der Waals surface area (Å²) < 4.78 is 5.85. The number of nitrogens with zero attached hydrogens (tertiary/aromatic N) is 4. The van der Waals surface area contributed by atoms with Gasteiger partial charge in [-0.2, -0.15) is 0 Å². The van der Waals surface area contributed by atoms with Crippen molar-refractivity contribution in [3.63, 3.8) is 0 Å². The summed E-state index contributed by atoms with van der Waals surface area (Å²) in [5.74, 6) is 2.17. The summed E-state index contributed by atoms with van der Waals surface area (Å²) in [6.45, 7) is 7.29. The van der Waals surface area contributed by atoms with E-state index in [0.29, 0.717) is 19.0 Å². The van der Waals surface area contributed by atoms with Crippen molar-refractivity contribution in [2.75, 3.05) is 26.7 Å². The number of fused-ring (bicyclic) bond motifs is 1. The predicted molar refractivity (Wildman–Crippen MR) is 112 cm³/mol. The van der Waals surface area contributed by atoms with Crippen molar-refractivity contribution in [1.29, 1.82) is 0 Å². The van der Waals surface area contributed by atoms with Gasteiger partial charge in [-0.25, -0.2) is 9.97 Å². The molecule has 0 radical (unpaired) electrons. The van der Waals surface area contributed by atoms with Gasteiger partial charge in [-0.05, 0) is 59.0 Å². The van der Waals surface area contributed by atoms with Crippen LogP contribution >= 0.6 is 0 Å². The van der Waals surface area contributed by atoms with E-state index in [4.69, 9.17) is 9.72 Å². The van der Waals surface area contributed by atoms with Gasteiger partial charge in [0.2, 0.25) is 0 Å². The van der Waals surface area contributed by atoms with Crippen molar-refractivity contribution in [3.05, 3.63) is 53.1 Å². The summed E-state index contributed by atoms with van der Waals surface area (Å²) in [6, 6.07) is 7.79. The van der Waals surface area contributed by atoms with E-state index in [1.165, 1.54) is 5.56 Å².